The lowest BCUT2D eigenvalue weighted by Crippen LogP contribution is -2.23. The van der Waals surface area contributed by atoms with Crippen LogP contribution in [0.15, 0.2) is 18.2 Å². The molecule has 1 aromatic heterocycles. The number of imidazole rings is 1. The number of fused-ring (bicyclic) bond motifs is 3. The number of nitrogens with zero attached hydrogens (tertiary/aromatic N) is 2. The number of halogens is 1. The van der Waals surface area contributed by atoms with Gasteiger partial charge in [-0.25, -0.2) is 4.98 Å². The second-order valence-corrected chi connectivity index (χ2v) is 7.03. The van der Waals surface area contributed by atoms with Crippen LogP contribution in [0.5, 0.6) is 0 Å². The highest BCUT2D eigenvalue weighted by atomic mass is 35.5. The van der Waals surface area contributed by atoms with E-state index in [1.165, 1.54) is 43.4 Å². The SMILES string of the molecule is Clc1ccc2nc(C3CC4CCC3N4)n(C3CC3)c2c1. The van der Waals surface area contributed by atoms with E-state index in [9.17, 15) is 0 Å². The third-order valence-electron chi connectivity index (χ3n) is 5.22. The van der Waals surface area contributed by atoms with Crippen molar-refractivity contribution in [2.75, 3.05) is 0 Å². The molecule has 104 valence electrons. The predicted octanol–water partition coefficient (Wildman–Crippen LogP) is 3.63. The Bertz CT molecular complexity index is 688. The Morgan fingerprint density at radius 1 is 1.20 bits per heavy atom. The van der Waals surface area contributed by atoms with Gasteiger partial charge in [-0.1, -0.05) is 11.6 Å². The smallest absolute Gasteiger partial charge is 0.114 e. The maximum Gasteiger partial charge on any atom is 0.114 e. The topological polar surface area (TPSA) is 29.9 Å². The highest BCUT2D eigenvalue weighted by Gasteiger charge is 2.43. The molecule has 2 aromatic rings. The summed E-state index contributed by atoms with van der Waals surface area (Å²) >= 11 is 6.19. The summed E-state index contributed by atoms with van der Waals surface area (Å²) in [6, 6.07) is 8.14. The molecule has 5 rings (SSSR count). The minimum atomic E-state index is 0.598. The van der Waals surface area contributed by atoms with E-state index in [1.54, 1.807) is 0 Å². The van der Waals surface area contributed by atoms with E-state index in [4.69, 9.17) is 16.6 Å². The minimum absolute atomic E-state index is 0.598. The van der Waals surface area contributed by atoms with Crippen LogP contribution in [0, 0.1) is 0 Å². The molecule has 20 heavy (non-hydrogen) atoms. The lowest BCUT2D eigenvalue weighted by molar-refractivity contribution is 0.470. The molecule has 3 atom stereocenters. The average molecular weight is 288 g/mol. The van der Waals surface area contributed by atoms with Crippen LogP contribution < -0.4 is 5.32 Å². The molecule has 3 nitrogen and oxygen atoms in total. The zero-order valence-electron chi connectivity index (χ0n) is 11.3. The first-order valence-corrected chi connectivity index (χ1v) is 8.11. The van der Waals surface area contributed by atoms with Crippen LogP contribution in [-0.4, -0.2) is 21.6 Å². The second-order valence-electron chi connectivity index (χ2n) is 6.59. The summed E-state index contributed by atoms with van der Waals surface area (Å²) in [5.41, 5.74) is 2.34. The van der Waals surface area contributed by atoms with Crippen LogP contribution in [0.25, 0.3) is 11.0 Å². The number of hydrogen-bond acceptors (Lipinski definition) is 2. The molecule has 2 aliphatic heterocycles. The Hall–Kier alpha value is -1.06. The molecule has 4 heteroatoms. The zero-order valence-corrected chi connectivity index (χ0v) is 12.1. The number of nitrogens with one attached hydrogen (secondary N) is 1. The molecule has 0 radical (unpaired) electrons. The summed E-state index contributed by atoms with van der Waals surface area (Å²) in [5.74, 6) is 1.91. The van der Waals surface area contributed by atoms with E-state index in [0.717, 1.165) is 16.6 Å². The van der Waals surface area contributed by atoms with Gasteiger partial charge in [0, 0.05) is 29.1 Å². The number of hydrogen-bond donors (Lipinski definition) is 1. The summed E-state index contributed by atoms with van der Waals surface area (Å²) in [5, 5.41) is 4.56. The highest BCUT2D eigenvalue weighted by molar-refractivity contribution is 6.31. The van der Waals surface area contributed by atoms with Gasteiger partial charge in [-0.15, -0.1) is 0 Å². The molecular weight excluding hydrogens is 270 g/mol. The van der Waals surface area contributed by atoms with E-state index < -0.39 is 0 Å². The van der Waals surface area contributed by atoms with Crippen molar-refractivity contribution in [1.29, 1.82) is 0 Å². The summed E-state index contributed by atoms with van der Waals surface area (Å²) in [6.45, 7) is 0. The summed E-state index contributed by atoms with van der Waals surface area (Å²) in [4.78, 5) is 4.98. The normalized spacial score (nSPS) is 32.4. The van der Waals surface area contributed by atoms with Gasteiger partial charge in [-0.3, -0.25) is 0 Å². The van der Waals surface area contributed by atoms with Gasteiger partial charge in [0.1, 0.15) is 5.82 Å². The van der Waals surface area contributed by atoms with Crippen molar-refractivity contribution in [1.82, 2.24) is 14.9 Å². The Morgan fingerprint density at radius 2 is 2.10 bits per heavy atom. The second kappa shape index (κ2) is 3.99. The van der Waals surface area contributed by atoms with Gasteiger partial charge in [0.25, 0.3) is 0 Å². The molecule has 3 unspecified atom stereocenters. The van der Waals surface area contributed by atoms with Crippen LogP contribution in [-0.2, 0) is 0 Å². The Labute approximate surface area is 123 Å². The molecule has 1 saturated carbocycles. The first kappa shape index (κ1) is 11.6. The van der Waals surface area contributed by atoms with E-state index >= 15 is 0 Å². The van der Waals surface area contributed by atoms with Gasteiger partial charge in [-0.2, -0.15) is 0 Å². The predicted molar refractivity (Wildman–Crippen MR) is 80.3 cm³/mol. The maximum absolute atomic E-state index is 6.19. The Kier molecular flexibility index (Phi) is 2.31. The van der Waals surface area contributed by atoms with Crippen molar-refractivity contribution in [3.05, 3.63) is 29.0 Å². The van der Waals surface area contributed by atoms with Crippen molar-refractivity contribution in [2.24, 2.45) is 0 Å². The van der Waals surface area contributed by atoms with Crippen molar-refractivity contribution in [3.8, 4) is 0 Å². The van der Waals surface area contributed by atoms with Crippen molar-refractivity contribution in [3.63, 3.8) is 0 Å². The lowest BCUT2D eigenvalue weighted by Gasteiger charge is -2.21. The van der Waals surface area contributed by atoms with Gasteiger partial charge < -0.3 is 9.88 Å². The summed E-state index contributed by atoms with van der Waals surface area (Å²) < 4.78 is 2.49. The fourth-order valence-corrected chi connectivity index (χ4v) is 4.34. The standard InChI is InChI=1S/C16H18ClN3/c17-9-1-5-14-15(7-9)20(11-3-4-11)16(19-14)12-8-10-2-6-13(12)18-10/h1,5,7,10-13,18H,2-4,6,8H2. The molecule has 1 aromatic carbocycles. The molecule has 3 fully saturated rings. The molecule has 1 aliphatic carbocycles. The van der Waals surface area contributed by atoms with E-state index in [0.29, 0.717) is 18.0 Å². The van der Waals surface area contributed by atoms with Crippen LogP contribution in [0.1, 0.15) is 49.9 Å². The number of benzene rings is 1. The molecule has 3 heterocycles. The van der Waals surface area contributed by atoms with E-state index in [-0.39, 0.29) is 0 Å². The van der Waals surface area contributed by atoms with Gasteiger partial charge >= 0.3 is 0 Å². The van der Waals surface area contributed by atoms with Gasteiger partial charge in [-0.05, 0) is 50.3 Å². The zero-order chi connectivity index (χ0) is 13.3. The summed E-state index contributed by atoms with van der Waals surface area (Å²) in [7, 11) is 0. The van der Waals surface area contributed by atoms with Crippen molar-refractivity contribution >= 4 is 22.6 Å². The Balaban J connectivity index is 1.69. The first-order valence-electron chi connectivity index (χ1n) is 7.73. The largest absolute Gasteiger partial charge is 0.325 e. The molecule has 2 bridgehead atoms. The number of rotatable bonds is 2. The molecule has 0 amide bonds. The monoisotopic (exact) mass is 287 g/mol. The third-order valence-corrected chi connectivity index (χ3v) is 5.46. The molecule has 3 aliphatic rings. The minimum Gasteiger partial charge on any atom is -0.325 e. The van der Waals surface area contributed by atoms with Crippen LogP contribution in [0.4, 0.5) is 0 Å². The molecule has 1 N–H and O–H groups in total. The van der Waals surface area contributed by atoms with E-state index in [1.807, 2.05) is 6.07 Å². The van der Waals surface area contributed by atoms with Gasteiger partial charge in [0.05, 0.1) is 11.0 Å². The molecule has 0 spiro atoms. The molecular formula is C16H18ClN3. The van der Waals surface area contributed by atoms with E-state index in [2.05, 4.69) is 22.0 Å². The summed E-state index contributed by atoms with van der Waals surface area (Å²) in [6.07, 6.45) is 6.49. The fourth-order valence-electron chi connectivity index (χ4n) is 4.17. The Morgan fingerprint density at radius 3 is 2.80 bits per heavy atom. The third kappa shape index (κ3) is 1.60. The maximum atomic E-state index is 6.19. The van der Waals surface area contributed by atoms with Crippen LogP contribution in [0.3, 0.4) is 0 Å². The quantitative estimate of drug-likeness (QED) is 0.914. The first-order chi connectivity index (χ1) is 9.79. The lowest BCUT2D eigenvalue weighted by atomic mass is 9.88. The van der Waals surface area contributed by atoms with Crippen molar-refractivity contribution < 1.29 is 0 Å². The fraction of sp³-hybridized carbons (Fsp3) is 0.562. The average Bonchev–Trinajstić information content (AvgIpc) is 2.92. The van der Waals surface area contributed by atoms with Crippen LogP contribution in [0.2, 0.25) is 5.02 Å². The number of aromatic nitrogens is 2. The van der Waals surface area contributed by atoms with Gasteiger partial charge in [0.2, 0.25) is 0 Å². The van der Waals surface area contributed by atoms with Crippen molar-refractivity contribution in [2.45, 2.75) is 56.1 Å². The highest BCUT2D eigenvalue weighted by Crippen LogP contribution is 2.45. The molecule has 2 saturated heterocycles. The van der Waals surface area contributed by atoms with Gasteiger partial charge in [0.15, 0.2) is 0 Å². The van der Waals surface area contributed by atoms with Crippen LogP contribution >= 0.6 is 11.6 Å².